The molecule has 1 aromatic carbocycles. The summed E-state index contributed by atoms with van der Waals surface area (Å²) in [7, 11) is -3.58. The predicted molar refractivity (Wildman–Crippen MR) is 98.8 cm³/mol. The molecule has 1 saturated carbocycles. The van der Waals surface area contributed by atoms with Gasteiger partial charge >= 0.3 is 0 Å². The Bertz CT molecular complexity index is 873. The van der Waals surface area contributed by atoms with E-state index in [1.807, 2.05) is 12.1 Å². The first-order chi connectivity index (χ1) is 13.0. The fraction of sp³-hybridized carbons (Fsp3) is 0.579. The third-order valence-corrected chi connectivity index (χ3v) is 7.32. The van der Waals surface area contributed by atoms with Crippen LogP contribution in [0, 0.1) is 6.92 Å². The van der Waals surface area contributed by atoms with Crippen molar-refractivity contribution in [2.24, 2.45) is 0 Å². The van der Waals surface area contributed by atoms with E-state index in [9.17, 15) is 8.42 Å². The lowest BCUT2D eigenvalue weighted by molar-refractivity contribution is -0.0176. The van der Waals surface area contributed by atoms with Crippen LogP contribution in [0.3, 0.4) is 0 Å². The lowest BCUT2D eigenvalue weighted by Gasteiger charge is -2.30. The van der Waals surface area contributed by atoms with E-state index in [0.717, 1.165) is 0 Å². The first-order valence-electron chi connectivity index (χ1n) is 9.56. The standard InChI is InChI=1S/C19H25N3O4S/c1-14-20-21-19(26-14)18-13-22(11-12-25-18)27(23,24)17-9-7-16(8-10-17)15-5-3-2-4-6-15/h7-10,15,18H,2-6,11-13H2,1H3/t18-/m0/s1. The minimum Gasteiger partial charge on any atom is -0.423 e. The SMILES string of the molecule is Cc1nnc([C@@H]2CN(S(=O)(=O)c3ccc(C4CCCCC4)cc3)CCO2)o1. The molecule has 146 valence electrons. The minimum absolute atomic E-state index is 0.175. The predicted octanol–water partition coefficient (Wildman–Crippen LogP) is 3.19. The van der Waals surface area contributed by atoms with E-state index in [2.05, 4.69) is 10.2 Å². The second kappa shape index (κ2) is 7.69. The van der Waals surface area contributed by atoms with Crippen LogP contribution >= 0.6 is 0 Å². The zero-order chi connectivity index (χ0) is 18.9. The van der Waals surface area contributed by atoms with Gasteiger partial charge in [0.2, 0.25) is 21.8 Å². The molecule has 0 amide bonds. The molecule has 0 N–H and O–H groups in total. The molecule has 2 aliphatic rings. The fourth-order valence-corrected chi connectivity index (χ4v) is 5.36. The topological polar surface area (TPSA) is 85.5 Å². The number of rotatable bonds is 4. The third kappa shape index (κ3) is 3.93. The molecule has 1 saturated heterocycles. The number of hydrogen-bond acceptors (Lipinski definition) is 6. The van der Waals surface area contributed by atoms with E-state index in [1.165, 1.54) is 42.0 Å². The lowest BCUT2D eigenvalue weighted by Crippen LogP contribution is -2.42. The molecule has 1 aliphatic carbocycles. The van der Waals surface area contributed by atoms with E-state index < -0.39 is 16.1 Å². The summed E-state index contributed by atoms with van der Waals surface area (Å²) in [5, 5.41) is 7.76. The quantitative estimate of drug-likeness (QED) is 0.796. The molecule has 1 aliphatic heterocycles. The van der Waals surface area contributed by atoms with Crippen molar-refractivity contribution in [3.63, 3.8) is 0 Å². The Morgan fingerprint density at radius 1 is 1.07 bits per heavy atom. The summed E-state index contributed by atoms with van der Waals surface area (Å²) in [5.41, 5.74) is 1.25. The number of aromatic nitrogens is 2. The molecule has 8 heteroatoms. The number of sulfonamides is 1. The summed E-state index contributed by atoms with van der Waals surface area (Å²) in [6.07, 6.45) is 5.68. The van der Waals surface area contributed by atoms with Gasteiger partial charge in [0.05, 0.1) is 11.5 Å². The Hall–Kier alpha value is -1.77. The van der Waals surface area contributed by atoms with Crippen LogP contribution in [0.5, 0.6) is 0 Å². The van der Waals surface area contributed by atoms with Crippen molar-refractivity contribution in [2.75, 3.05) is 19.7 Å². The number of benzene rings is 1. The maximum Gasteiger partial charge on any atom is 0.246 e. The summed E-state index contributed by atoms with van der Waals surface area (Å²) in [6.45, 7) is 2.48. The van der Waals surface area contributed by atoms with Gasteiger partial charge in [0.1, 0.15) is 6.10 Å². The van der Waals surface area contributed by atoms with Gasteiger partial charge in [-0.05, 0) is 36.5 Å². The average molecular weight is 391 g/mol. The molecule has 2 aromatic rings. The van der Waals surface area contributed by atoms with Crippen LogP contribution in [-0.4, -0.2) is 42.6 Å². The molecule has 0 spiro atoms. The second-order valence-electron chi connectivity index (χ2n) is 7.29. The molecule has 0 bridgehead atoms. The molecular weight excluding hydrogens is 366 g/mol. The van der Waals surface area contributed by atoms with E-state index in [4.69, 9.17) is 9.15 Å². The molecule has 1 atom stereocenters. The number of morpholine rings is 1. The second-order valence-corrected chi connectivity index (χ2v) is 9.22. The van der Waals surface area contributed by atoms with Crippen molar-refractivity contribution in [1.29, 1.82) is 0 Å². The van der Waals surface area contributed by atoms with Gasteiger partial charge in [-0.25, -0.2) is 8.42 Å². The minimum atomic E-state index is -3.58. The monoisotopic (exact) mass is 391 g/mol. The van der Waals surface area contributed by atoms with Crippen LogP contribution < -0.4 is 0 Å². The Morgan fingerprint density at radius 3 is 2.48 bits per heavy atom. The Morgan fingerprint density at radius 2 is 1.81 bits per heavy atom. The molecule has 1 aromatic heterocycles. The molecule has 2 fully saturated rings. The van der Waals surface area contributed by atoms with E-state index in [-0.39, 0.29) is 6.54 Å². The number of ether oxygens (including phenoxy) is 1. The average Bonchev–Trinajstić information content (AvgIpc) is 3.15. The highest BCUT2D eigenvalue weighted by molar-refractivity contribution is 7.89. The summed E-state index contributed by atoms with van der Waals surface area (Å²) in [4.78, 5) is 0.324. The highest BCUT2D eigenvalue weighted by Crippen LogP contribution is 2.33. The van der Waals surface area contributed by atoms with Crippen LogP contribution in [0.1, 0.15) is 61.5 Å². The maximum absolute atomic E-state index is 13.1. The van der Waals surface area contributed by atoms with Gasteiger partial charge < -0.3 is 9.15 Å². The van der Waals surface area contributed by atoms with Crippen molar-refractivity contribution < 1.29 is 17.6 Å². The normalized spacial score (nSPS) is 22.8. The third-order valence-electron chi connectivity index (χ3n) is 5.44. The van der Waals surface area contributed by atoms with Crippen LogP contribution in [-0.2, 0) is 14.8 Å². The van der Waals surface area contributed by atoms with E-state index >= 15 is 0 Å². The molecule has 0 unspecified atom stereocenters. The Kier molecular flexibility index (Phi) is 5.29. The van der Waals surface area contributed by atoms with Crippen LogP contribution in [0.25, 0.3) is 0 Å². The number of hydrogen-bond donors (Lipinski definition) is 0. The smallest absolute Gasteiger partial charge is 0.246 e. The van der Waals surface area contributed by atoms with Crippen molar-refractivity contribution in [3.8, 4) is 0 Å². The Balaban J connectivity index is 1.50. The summed E-state index contributed by atoms with van der Waals surface area (Å²) in [5.74, 6) is 1.32. The zero-order valence-electron chi connectivity index (χ0n) is 15.5. The van der Waals surface area contributed by atoms with E-state index in [0.29, 0.717) is 35.7 Å². The molecule has 7 nitrogen and oxygen atoms in total. The Labute approximate surface area is 159 Å². The molecule has 4 rings (SSSR count). The highest BCUT2D eigenvalue weighted by Gasteiger charge is 2.34. The van der Waals surface area contributed by atoms with Gasteiger partial charge in [-0.1, -0.05) is 31.4 Å². The first-order valence-corrected chi connectivity index (χ1v) is 11.0. The van der Waals surface area contributed by atoms with Gasteiger partial charge in [0.25, 0.3) is 0 Å². The molecule has 2 heterocycles. The largest absolute Gasteiger partial charge is 0.423 e. The first kappa shape index (κ1) is 18.6. The zero-order valence-corrected chi connectivity index (χ0v) is 16.3. The van der Waals surface area contributed by atoms with Gasteiger partial charge in [-0.3, -0.25) is 0 Å². The van der Waals surface area contributed by atoms with E-state index in [1.54, 1.807) is 19.1 Å². The van der Waals surface area contributed by atoms with Crippen LogP contribution in [0.15, 0.2) is 33.6 Å². The van der Waals surface area contributed by atoms with Crippen molar-refractivity contribution >= 4 is 10.0 Å². The fourth-order valence-electron chi connectivity index (χ4n) is 3.93. The summed E-state index contributed by atoms with van der Waals surface area (Å²) < 4.78 is 38.6. The van der Waals surface area contributed by atoms with Crippen LogP contribution in [0.2, 0.25) is 0 Å². The van der Waals surface area contributed by atoms with Gasteiger partial charge in [-0.15, -0.1) is 10.2 Å². The van der Waals surface area contributed by atoms with Crippen molar-refractivity contribution in [1.82, 2.24) is 14.5 Å². The van der Waals surface area contributed by atoms with Gasteiger partial charge in [0.15, 0.2) is 0 Å². The van der Waals surface area contributed by atoms with Crippen LogP contribution in [0.4, 0.5) is 0 Å². The summed E-state index contributed by atoms with van der Waals surface area (Å²) >= 11 is 0. The summed E-state index contributed by atoms with van der Waals surface area (Å²) in [6, 6.07) is 7.42. The highest BCUT2D eigenvalue weighted by atomic mass is 32.2. The van der Waals surface area contributed by atoms with Crippen molar-refractivity contribution in [2.45, 2.75) is 55.9 Å². The van der Waals surface area contributed by atoms with Gasteiger partial charge in [0, 0.05) is 20.0 Å². The lowest BCUT2D eigenvalue weighted by atomic mass is 9.84. The maximum atomic E-state index is 13.1. The van der Waals surface area contributed by atoms with Crippen molar-refractivity contribution in [3.05, 3.63) is 41.6 Å². The van der Waals surface area contributed by atoms with Gasteiger partial charge in [-0.2, -0.15) is 4.31 Å². The number of aryl methyl sites for hydroxylation is 1. The number of nitrogens with zero attached hydrogens (tertiary/aromatic N) is 3. The molecule has 0 radical (unpaired) electrons. The molecule has 27 heavy (non-hydrogen) atoms. The molecular formula is C19H25N3O4S.